The SMILES string of the molecule is CC(=NO)c1ccc(C(C(=O)O)C(C)(C)C)cc1. The van der Waals surface area contributed by atoms with Gasteiger partial charge in [0.2, 0.25) is 0 Å². The smallest absolute Gasteiger partial charge is 0.311 e. The van der Waals surface area contributed by atoms with E-state index in [0.29, 0.717) is 5.71 Å². The molecule has 4 nitrogen and oxygen atoms in total. The van der Waals surface area contributed by atoms with E-state index in [0.717, 1.165) is 11.1 Å². The van der Waals surface area contributed by atoms with Crippen LogP contribution < -0.4 is 0 Å². The van der Waals surface area contributed by atoms with Gasteiger partial charge in [0, 0.05) is 0 Å². The van der Waals surface area contributed by atoms with Crippen LogP contribution in [0.2, 0.25) is 0 Å². The summed E-state index contributed by atoms with van der Waals surface area (Å²) in [6, 6.07) is 7.08. The minimum absolute atomic E-state index is 0.354. The van der Waals surface area contributed by atoms with Gasteiger partial charge in [0.25, 0.3) is 0 Å². The second kappa shape index (κ2) is 5.21. The van der Waals surface area contributed by atoms with Gasteiger partial charge in [-0.2, -0.15) is 0 Å². The molecule has 0 heterocycles. The topological polar surface area (TPSA) is 69.9 Å². The van der Waals surface area contributed by atoms with E-state index in [4.69, 9.17) is 5.21 Å². The normalized spacial score (nSPS) is 14.3. The molecule has 98 valence electrons. The van der Waals surface area contributed by atoms with Crippen molar-refractivity contribution in [1.29, 1.82) is 0 Å². The first-order chi connectivity index (χ1) is 8.27. The molecule has 0 amide bonds. The van der Waals surface area contributed by atoms with Crippen molar-refractivity contribution in [2.45, 2.75) is 33.6 Å². The highest BCUT2D eigenvalue weighted by molar-refractivity contribution is 5.98. The van der Waals surface area contributed by atoms with E-state index in [9.17, 15) is 9.90 Å². The Bertz CT molecular complexity index is 455. The molecule has 0 aromatic heterocycles. The molecule has 0 saturated carbocycles. The number of nitrogens with zero attached hydrogens (tertiary/aromatic N) is 1. The minimum atomic E-state index is -0.831. The number of hydrogen-bond donors (Lipinski definition) is 2. The van der Waals surface area contributed by atoms with Crippen LogP contribution in [0.25, 0.3) is 0 Å². The molecule has 0 fully saturated rings. The number of oxime groups is 1. The maximum absolute atomic E-state index is 11.4. The van der Waals surface area contributed by atoms with Crippen molar-refractivity contribution >= 4 is 11.7 Å². The van der Waals surface area contributed by atoms with Crippen molar-refractivity contribution in [2.75, 3.05) is 0 Å². The van der Waals surface area contributed by atoms with Gasteiger partial charge >= 0.3 is 5.97 Å². The first-order valence-electron chi connectivity index (χ1n) is 5.79. The van der Waals surface area contributed by atoms with Gasteiger partial charge in [-0.15, -0.1) is 0 Å². The molecule has 0 aliphatic rings. The lowest BCUT2D eigenvalue weighted by atomic mass is 9.76. The average Bonchev–Trinajstić information content (AvgIpc) is 2.26. The molecule has 1 atom stereocenters. The zero-order valence-electron chi connectivity index (χ0n) is 11.1. The molecule has 0 aliphatic carbocycles. The number of hydrogen-bond acceptors (Lipinski definition) is 3. The highest BCUT2D eigenvalue weighted by atomic mass is 16.4. The number of carbonyl (C=O) groups is 1. The van der Waals surface area contributed by atoms with Crippen LogP contribution in [0.3, 0.4) is 0 Å². The molecule has 1 rings (SSSR count). The summed E-state index contributed by atoms with van der Waals surface area (Å²) in [7, 11) is 0. The second-order valence-electron chi connectivity index (χ2n) is 5.44. The van der Waals surface area contributed by atoms with E-state index < -0.39 is 11.9 Å². The Kier molecular flexibility index (Phi) is 4.11. The van der Waals surface area contributed by atoms with E-state index >= 15 is 0 Å². The van der Waals surface area contributed by atoms with Gasteiger partial charge in [-0.3, -0.25) is 4.79 Å². The van der Waals surface area contributed by atoms with E-state index in [1.54, 1.807) is 31.2 Å². The summed E-state index contributed by atoms with van der Waals surface area (Å²) in [6.45, 7) is 7.40. The van der Waals surface area contributed by atoms with E-state index in [2.05, 4.69) is 5.16 Å². The third kappa shape index (κ3) is 3.09. The van der Waals surface area contributed by atoms with Crippen molar-refractivity contribution in [2.24, 2.45) is 10.6 Å². The summed E-state index contributed by atoms with van der Waals surface area (Å²) in [4.78, 5) is 11.4. The Balaban J connectivity index is 3.13. The highest BCUT2D eigenvalue weighted by Gasteiger charge is 2.32. The van der Waals surface area contributed by atoms with Gasteiger partial charge in [0.15, 0.2) is 0 Å². The summed E-state index contributed by atoms with van der Waals surface area (Å²) in [6.07, 6.45) is 0. The Hall–Kier alpha value is -1.84. The zero-order valence-corrected chi connectivity index (χ0v) is 11.1. The molecule has 0 radical (unpaired) electrons. The van der Waals surface area contributed by atoms with Crippen LogP contribution in [0, 0.1) is 5.41 Å². The molecule has 4 heteroatoms. The van der Waals surface area contributed by atoms with Crippen LogP contribution in [0.4, 0.5) is 0 Å². The molecule has 18 heavy (non-hydrogen) atoms. The Labute approximate surface area is 107 Å². The van der Waals surface area contributed by atoms with Crippen molar-refractivity contribution in [3.63, 3.8) is 0 Å². The number of benzene rings is 1. The maximum Gasteiger partial charge on any atom is 0.311 e. The largest absolute Gasteiger partial charge is 0.481 e. The Morgan fingerprint density at radius 1 is 1.22 bits per heavy atom. The predicted molar refractivity (Wildman–Crippen MR) is 70.3 cm³/mol. The fourth-order valence-corrected chi connectivity index (χ4v) is 1.99. The lowest BCUT2D eigenvalue weighted by Crippen LogP contribution is -2.26. The van der Waals surface area contributed by atoms with Crippen molar-refractivity contribution < 1.29 is 15.1 Å². The van der Waals surface area contributed by atoms with Crippen molar-refractivity contribution in [3.8, 4) is 0 Å². The molecular formula is C14H19NO3. The molecular weight excluding hydrogens is 230 g/mol. The third-order valence-electron chi connectivity index (χ3n) is 2.92. The molecule has 1 aromatic carbocycles. The van der Waals surface area contributed by atoms with Gasteiger partial charge in [0.1, 0.15) is 0 Å². The van der Waals surface area contributed by atoms with E-state index in [-0.39, 0.29) is 5.41 Å². The monoisotopic (exact) mass is 249 g/mol. The third-order valence-corrected chi connectivity index (χ3v) is 2.92. The number of carboxylic acids is 1. The number of rotatable bonds is 3. The fourth-order valence-electron chi connectivity index (χ4n) is 1.99. The van der Waals surface area contributed by atoms with Gasteiger partial charge in [0.05, 0.1) is 11.6 Å². The first-order valence-corrected chi connectivity index (χ1v) is 5.79. The van der Waals surface area contributed by atoms with Crippen LogP contribution in [-0.2, 0) is 4.79 Å². The maximum atomic E-state index is 11.4. The van der Waals surface area contributed by atoms with Gasteiger partial charge in [-0.25, -0.2) is 0 Å². The van der Waals surface area contributed by atoms with Crippen LogP contribution >= 0.6 is 0 Å². The summed E-state index contributed by atoms with van der Waals surface area (Å²) < 4.78 is 0. The Morgan fingerprint density at radius 2 is 1.72 bits per heavy atom. The first kappa shape index (κ1) is 14.2. The molecule has 0 spiro atoms. The van der Waals surface area contributed by atoms with Gasteiger partial charge < -0.3 is 10.3 Å². The van der Waals surface area contributed by atoms with Gasteiger partial charge in [-0.1, -0.05) is 50.2 Å². The molecule has 1 aromatic rings. The summed E-state index contributed by atoms with van der Waals surface area (Å²) >= 11 is 0. The molecule has 0 saturated heterocycles. The van der Waals surface area contributed by atoms with Crippen LogP contribution in [0.5, 0.6) is 0 Å². The van der Waals surface area contributed by atoms with Crippen LogP contribution in [0.15, 0.2) is 29.4 Å². The van der Waals surface area contributed by atoms with E-state index in [1.165, 1.54) is 0 Å². The van der Waals surface area contributed by atoms with Crippen LogP contribution in [-0.4, -0.2) is 22.0 Å². The Morgan fingerprint density at radius 3 is 2.06 bits per heavy atom. The fraction of sp³-hybridized carbons (Fsp3) is 0.429. The second-order valence-corrected chi connectivity index (χ2v) is 5.44. The molecule has 0 bridgehead atoms. The number of carboxylic acid groups (broad SMARTS) is 1. The van der Waals surface area contributed by atoms with Crippen molar-refractivity contribution in [1.82, 2.24) is 0 Å². The summed E-state index contributed by atoms with van der Waals surface area (Å²) in [5.41, 5.74) is 1.68. The summed E-state index contributed by atoms with van der Waals surface area (Å²) in [5.74, 6) is -1.39. The minimum Gasteiger partial charge on any atom is -0.481 e. The molecule has 0 aliphatic heterocycles. The average molecular weight is 249 g/mol. The molecule has 1 unspecified atom stereocenters. The lowest BCUT2D eigenvalue weighted by Gasteiger charge is -2.27. The van der Waals surface area contributed by atoms with E-state index in [1.807, 2.05) is 20.8 Å². The number of aliphatic carboxylic acids is 1. The summed E-state index contributed by atoms with van der Waals surface area (Å²) in [5, 5.41) is 21.1. The van der Waals surface area contributed by atoms with Crippen molar-refractivity contribution in [3.05, 3.63) is 35.4 Å². The predicted octanol–water partition coefficient (Wildman–Crippen LogP) is 3.10. The quantitative estimate of drug-likeness (QED) is 0.491. The van der Waals surface area contributed by atoms with Crippen LogP contribution in [0.1, 0.15) is 44.7 Å². The molecule has 2 N–H and O–H groups in total. The zero-order chi connectivity index (χ0) is 13.9. The lowest BCUT2D eigenvalue weighted by molar-refractivity contribution is -0.141. The highest BCUT2D eigenvalue weighted by Crippen LogP contribution is 2.35. The standard InChI is InChI=1S/C14H19NO3/c1-9(15-18)10-5-7-11(8-6-10)12(13(16)17)14(2,3)4/h5-8,12,18H,1-4H3,(H,16,17). The van der Waals surface area contributed by atoms with Gasteiger partial charge in [-0.05, 0) is 23.5 Å².